The van der Waals surface area contributed by atoms with E-state index in [1.165, 1.54) is 35.6 Å². The molecule has 154 valence electrons. The monoisotopic (exact) mass is 462 g/mol. The molecule has 0 saturated carbocycles. The number of hydrogen-bond acceptors (Lipinski definition) is 6. The molecular formula is C18H13F3O5S3. The summed E-state index contributed by atoms with van der Waals surface area (Å²) in [6, 6.07) is 13.3. The van der Waals surface area contributed by atoms with E-state index in [1.54, 1.807) is 12.1 Å². The molecule has 11 heteroatoms. The molecule has 3 rings (SSSR count). The van der Waals surface area contributed by atoms with E-state index < -0.39 is 31.2 Å². The van der Waals surface area contributed by atoms with Gasteiger partial charge in [-0.25, -0.2) is 8.42 Å². The van der Waals surface area contributed by atoms with Crippen molar-refractivity contribution in [3.8, 4) is 27.3 Å². The summed E-state index contributed by atoms with van der Waals surface area (Å²) in [5, 5.41) is 1.81. The highest BCUT2D eigenvalue weighted by Gasteiger charge is 2.48. The van der Waals surface area contributed by atoms with Crippen LogP contribution in [0.1, 0.15) is 0 Å². The van der Waals surface area contributed by atoms with Gasteiger partial charge in [0.25, 0.3) is 0 Å². The highest BCUT2D eigenvalue weighted by atomic mass is 32.2. The van der Waals surface area contributed by atoms with Crippen LogP contribution in [-0.4, -0.2) is 28.6 Å². The van der Waals surface area contributed by atoms with Crippen molar-refractivity contribution in [3.63, 3.8) is 0 Å². The highest BCUT2D eigenvalue weighted by molar-refractivity contribution is 7.90. The van der Waals surface area contributed by atoms with Crippen LogP contribution in [0.4, 0.5) is 13.2 Å². The zero-order chi connectivity index (χ0) is 21.4. The smallest absolute Gasteiger partial charge is 0.376 e. The second-order valence-electron chi connectivity index (χ2n) is 5.97. The molecule has 0 amide bonds. The van der Waals surface area contributed by atoms with Crippen LogP contribution in [0, 0.1) is 0 Å². The molecule has 5 nitrogen and oxygen atoms in total. The Morgan fingerprint density at radius 1 is 0.828 bits per heavy atom. The molecule has 3 aromatic rings. The van der Waals surface area contributed by atoms with Crippen LogP contribution in [0.3, 0.4) is 0 Å². The third-order valence-electron chi connectivity index (χ3n) is 3.86. The summed E-state index contributed by atoms with van der Waals surface area (Å²) in [5.41, 5.74) is -3.32. The lowest BCUT2D eigenvalue weighted by atomic mass is 10.0. The molecule has 0 atom stereocenters. The fourth-order valence-electron chi connectivity index (χ4n) is 2.48. The number of hydrogen-bond donors (Lipinski definition) is 0. The van der Waals surface area contributed by atoms with E-state index in [9.17, 15) is 30.0 Å². The Morgan fingerprint density at radius 3 is 1.90 bits per heavy atom. The van der Waals surface area contributed by atoms with Gasteiger partial charge in [-0.3, -0.25) is 0 Å². The minimum absolute atomic E-state index is 0.186. The lowest BCUT2D eigenvalue weighted by molar-refractivity contribution is -0.0500. The topological polar surface area (TPSA) is 77.5 Å². The number of halogens is 3. The first-order chi connectivity index (χ1) is 13.4. The van der Waals surface area contributed by atoms with E-state index in [0.29, 0.717) is 5.56 Å². The summed E-state index contributed by atoms with van der Waals surface area (Å²) in [4.78, 5) is 0.965. The van der Waals surface area contributed by atoms with Gasteiger partial charge in [-0.2, -0.15) is 21.6 Å². The largest absolute Gasteiger partial charge is 0.534 e. The van der Waals surface area contributed by atoms with Crippen LogP contribution in [0.5, 0.6) is 5.75 Å². The fraction of sp³-hybridized carbons (Fsp3) is 0.111. The maximum atomic E-state index is 12.4. The predicted octanol–water partition coefficient (Wildman–Crippen LogP) is 4.71. The summed E-state index contributed by atoms with van der Waals surface area (Å²) in [6.07, 6.45) is 1.11. The third-order valence-corrected chi connectivity index (χ3v) is 6.94. The molecule has 0 saturated heterocycles. The quantitative estimate of drug-likeness (QED) is 0.405. The van der Waals surface area contributed by atoms with Crippen molar-refractivity contribution in [1.82, 2.24) is 0 Å². The van der Waals surface area contributed by atoms with Crippen molar-refractivity contribution >= 4 is 31.3 Å². The first kappa shape index (κ1) is 21.3. The highest BCUT2D eigenvalue weighted by Crippen LogP contribution is 2.38. The van der Waals surface area contributed by atoms with Crippen LogP contribution in [0.25, 0.3) is 21.6 Å². The Kier molecular flexibility index (Phi) is 5.50. The standard InChI is InChI=1S/C18H13F3O5S3/c1-28(22,23)15-8-4-12(5-9-15)16-10-11-27-17(16)13-2-6-14(7-3-13)26-29(24,25)18(19,20)21/h2-11H,1H3. The van der Waals surface area contributed by atoms with Gasteiger partial charge in [-0.05, 0) is 59.0 Å². The summed E-state index contributed by atoms with van der Waals surface area (Å²) in [7, 11) is -9.05. The summed E-state index contributed by atoms with van der Waals surface area (Å²) in [5.74, 6) is -0.457. The van der Waals surface area contributed by atoms with Gasteiger partial charge >= 0.3 is 15.6 Å². The number of benzene rings is 2. The third kappa shape index (κ3) is 4.62. The molecule has 0 spiro atoms. The van der Waals surface area contributed by atoms with E-state index in [0.717, 1.165) is 34.4 Å². The minimum atomic E-state index is -5.73. The average Bonchev–Trinajstić information content (AvgIpc) is 3.10. The molecule has 1 heterocycles. The molecular weight excluding hydrogens is 449 g/mol. The Morgan fingerprint density at radius 2 is 1.38 bits per heavy atom. The molecule has 0 N–H and O–H groups in total. The van der Waals surface area contributed by atoms with E-state index in [1.807, 2.05) is 11.4 Å². The van der Waals surface area contributed by atoms with Gasteiger partial charge < -0.3 is 4.18 Å². The minimum Gasteiger partial charge on any atom is -0.376 e. The molecule has 0 fully saturated rings. The summed E-state index contributed by atoms with van der Waals surface area (Å²) in [6.45, 7) is 0. The SMILES string of the molecule is CS(=O)(=O)c1ccc(-c2ccsc2-c2ccc(OS(=O)(=O)C(F)(F)F)cc2)cc1. The Balaban J connectivity index is 1.89. The van der Waals surface area contributed by atoms with Crippen molar-refractivity contribution in [2.24, 2.45) is 0 Å². The Labute approximate surface area is 169 Å². The number of thiophene rings is 1. The van der Waals surface area contributed by atoms with Gasteiger partial charge in [-0.1, -0.05) is 12.1 Å². The second kappa shape index (κ2) is 7.47. The lowest BCUT2D eigenvalue weighted by Crippen LogP contribution is -2.27. The number of alkyl halides is 3. The van der Waals surface area contributed by atoms with Crippen LogP contribution < -0.4 is 4.18 Å². The van der Waals surface area contributed by atoms with Gasteiger partial charge in [0.05, 0.1) is 4.90 Å². The molecule has 0 unspecified atom stereocenters. The molecule has 0 aliphatic carbocycles. The Bertz CT molecular complexity index is 1230. The zero-order valence-electron chi connectivity index (χ0n) is 14.7. The molecule has 1 aromatic heterocycles. The first-order valence-electron chi connectivity index (χ1n) is 7.88. The van der Waals surface area contributed by atoms with Crippen molar-refractivity contribution in [2.75, 3.05) is 6.26 Å². The normalized spacial score (nSPS) is 12.7. The van der Waals surface area contributed by atoms with Crippen LogP contribution in [-0.2, 0) is 20.0 Å². The second-order valence-corrected chi connectivity index (χ2v) is 10.4. The van der Waals surface area contributed by atoms with Crippen LogP contribution >= 0.6 is 11.3 Å². The predicted molar refractivity (Wildman–Crippen MR) is 104 cm³/mol. The van der Waals surface area contributed by atoms with Gasteiger partial charge in [0.1, 0.15) is 5.75 Å². The molecule has 2 aromatic carbocycles. The van der Waals surface area contributed by atoms with Crippen LogP contribution in [0.2, 0.25) is 0 Å². The zero-order valence-corrected chi connectivity index (χ0v) is 17.1. The van der Waals surface area contributed by atoms with E-state index in [2.05, 4.69) is 4.18 Å². The molecule has 29 heavy (non-hydrogen) atoms. The number of sulfone groups is 1. The molecule has 0 aliphatic rings. The van der Waals surface area contributed by atoms with E-state index >= 15 is 0 Å². The van der Waals surface area contributed by atoms with Crippen molar-refractivity contribution in [1.29, 1.82) is 0 Å². The van der Waals surface area contributed by atoms with Crippen molar-refractivity contribution in [3.05, 3.63) is 60.0 Å². The molecule has 0 aliphatic heterocycles. The average molecular weight is 462 g/mol. The van der Waals surface area contributed by atoms with Crippen molar-refractivity contribution in [2.45, 2.75) is 10.4 Å². The summed E-state index contributed by atoms with van der Waals surface area (Å²) >= 11 is 1.37. The van der Waals surface area contributed by atoms with Crippen molar-refractivity contribution < 1.29 is 34.2 Å². The summed E-state index contributed by atoms with van der Waals surface area (Å²) < 4.78 is 86.7. The Hall–Kier alpha value is -2.37. The maximum absolute atomic E-state index is 12.4. The lowest BCUT2D eigenvalue weighted by Gasteiger charge is -2.10. The van der Waals surface area contributed by atoms with Gasteiger partial charge in [0, 0.05) is 16.7 Å². The van der Waals surface area contributed by atoms with E-state index in [-0.39, 0.29) is 4.90 Å². The van der Waals surface area contributed by atoms with E-state index in [4.69, 9.17) is 0 Å². The van der Waals surface area contributed by atoms with Gasteiger partial charge in [0.15, 0.2) is 9.84 Å². The molecule has 0 radical (unpaired) electrons. The number of rotatable bonds is 5. The van der Waals surface area contributed by atoms with Gasteiger partial charge in [-0.15, -0.1) is 11.3 Å². The fourth-order valence-corrected chi connectivity index (χ4v) is 4.49. The van der Waals surface area contributed by atoms with Crippen LogP contribution in [0.15, 0.2) is 64.9 Å². The first-order valence-corrected chi connectivity index (χ1v) is 12.1. The maximum Gasteiger partial charge on any atom is 0.534 e. The molecule has 0 bridgehead atoms. The van der Waals surface area contributed by atoms with Gasteiger partial charge in [0.2, 0.25) is 0 Å².